The third-order valence-corrected chi connectivity index (χ3v) is 4.98. The fourth-order valence-corrected chi connectivity index (χ4v) is 3.53. The van der Waals surface area contributed by atoms with Crippen LogP contribution in [0, 0.1) is 17.8 Å². The molecule has 2 rings (SSSR count). The molecule has 2 aliphatic heterocycles. The maximum absolute atomic E-state index is 13.1. The molecule has 8 nitrogen and oxygen atoms in total. The van der Waals surface area contributed by atoms with Crippen molar-refractivity contribution < 1.29 is 28.6 Å². The first-order chi connectivity index (χ1) is 15.1. The van der Waals surface area contributed by atoms with Gasteiger partial charge in [-0.15, -0.1) is 0 Å². The number of nitrogens with one attached hydrogen (secondary N) is 1. The molecule has 1 N–H and O–H groups in total. The van der Waals surface area contributed by atoms with Crippen LogP contribution >= 0.6 is 0 Å². The molecule has 0 fully saturated rings. The van der Waals surface area contributed by atoms with Gasteiger partial charge in [-0.3, -0.25) is 4.90 Å². The average Bonchev–Trinajstić information content (AvgIpc) is 2.74. The van der Waals surface area contributed by atoms with Crippen LogP contribution in [-0.2, 0) is 23.8 Å². The number of nitrogens with zero attached hydrogens (tertiary/aromatic N) is 1. The zero-order valence-electron chi connectivity index (χ0n) is 20.0. The minimum absolute atomic E-state index is 0.161. The van der Waals surface area contributed by atoms with E-state index in [0.717, 1.165) is 0 Å². The number of ether oxygens (including phenoxy) is 3. The molecule has 0 radical (unpaired) electrons. The smallest absolute Gasteiger partial charge is 0.417 e. The molecule has 0 aromatic carbocycles. The van der Waals surface area contributed by atoms with Gasteiger partial charge in [-0.05, 0) is 37.7 Å². The monoisotopic (exact) mass is 446 g/mol. The van der Waals surface area contributed by atoms with Gasteiger partial charge in [-0.1, -0.05) is 33.8 Å². The quantitative estimate of drug-likeness (QED) is 0.466. The molecule has 0 aromatic rings. The Morgan fingerprint density at radius 1 is 1.00 bits per heavy atom. The number of methoxy groups -OCH3 is 1. The topological polar surface area (TPSA) is 94.2 Å². The number of hydrogen-bond acceptors (Lipinski definition) is 7. The minimum atomic E-state index is -0.715. The van der Waals surface area contributed by atoms with Crippen LogP contribution in [0.2, 0.25) is 0 Å². The van der Waals surface area contributed by atoms with E-state index in [1.165, 1.54) is 12.0 Å². The number of esters is 2. The number of allylic oxidation sites excluding steroid dienone is 4. The van der Waals surface area contributed by atoms with E-state index in [4.69, 9.17) is 14.2 Å². The molecule has 176 valence electrons. The predicted molar refractivity (Wildman–Crippen MR) is 120 cm³/mol. The lowest BCUT2D eigenvalue weighted by atomic mass is 9.78. The summed E-state index contributed by atoms with van der Waals surface area (Å²) in [7, 11) is 1.29. The van der Waals surface area contributed by atoms with E-state index in [2.05, 4.69) is 5.32 Å². The van der Waals surface area contributed by atoms with E-state index in [0.29, 0.717) is 34.5 Å². The van der Waals surface area contributed by atoms with Gasteiger partial charge < -0.3 is 19.5 Å². The maximum Gasteiger partial charge on any atom is 0.417 e. The van der Waals surface area contributed by atoms with Crippen molar-refractivity contribution in [3.63, 3.8) is 0 Å². The highest BCUT2D eigenvalue weighted by molar-refractivity contribution is 5.99. The molecule has 32 heavy (non-hydrogen) atoms. The van der Waals surface area contributed by atoms with Gasteiger partial charge in [0, 0.05) is 29.7 Å². The van der Waals surface area contributed by atoms with E-state index in [-0.39, 0.29) is 25.0 Å². The SMILES string of the molecule is COC(=O)N1C=CCC(C2C(C(=O)OCC(C)C)=C(C)NC(C)=C2C(=O)OCC(C)C)=C1. The second-order valence-electron chi connectivity index (χ2n) is 8.79. The number of hydrogen-bond donors (Lipinski definition) is 1. The summed E-state index contributed by atoms with van der Waals surface area (Å²) in [5.41, 5.74) is 2.55. The highest BCUT2D eigenvalue weighted by Gasteiger charge is 2.39. The first-order valence-electron chi connectivity index (χ1n) is 10.8. The lowest BCUT2D eigenvalue weighted by Crippen LogP contribution is -2.36. The Bertz CT molecular complexity index is 833. The van der Waals surface area contributed by atoms with Crippen LogP contribution in [0.1, 0.15) is 48.0 Å². The van der Waals surface area contributed by atoms with Crippen LogP contribution in [0.3, 0.4) is 0 Å². The first kappa shape index (κ1) is 25.2. The second-order valence-corrected chi connectivity index (χ2v) is 8.79. The molecule has 0 unspecified atom stereocenters. The van der Waals surface area contributed by atoms with Gasteiger partial charge in [0.15, 0.2) is 0 Å². The van der Waals surface area contributed by atoms with Crippen molar-refractivity contribution >= 4 is 18.0 Å². The third kappa shape index (κ3) is 6.02. The Hall–Kier alpha value is -3.03. The van der Waals surface area contributed by atoms with Gasteiger partial charge in [0.25, 0.3) is 0 Å². The normalized spacial score (nSPS) is 16.9. The fourth-order valence-electron chi connectivity index (χ4n) is 3.53. The third-order valence-electron chi connectivity index (χ3n) is 4.98. The molecule has 0 saturated carbocycles. The summed E-state index contributed by atoms with van der Waals surface area (Å²) in [5, 5.41) is 3.14. The van der Waals surface area contributed by atoms with Crippen LogP contribution in [0.15, 0.2) is 46.6 Å². The molecule has 8 heteroatoms. The van der Waals surface area contributed by atoms with Crippen LogP contribution in [0.25, 0.3) is 0 Å². The first-order valence-corrected chi connectivity index (χ1v) is 10.8. The molecular weight excluding hydrogens is 412 g/mol. The molecule has 0 saturated heterocycles. The lowest BCUT2D eigenvalue weighted by molar-refractivity contribution is -0.141. The van der Waals surface area contributed by atoms with E-state index < -0.39 is 23.9 Å². The summed E-state index contributed by atoms with van der Waals surface area (Å²) in [6.07, 6.45) is 4.86. The molecule has 0 aliphatic carbocycles. The molecule has 0 aromatic heterocycles. The van der Waals surface area contributed by atoms with Crippen molar-refractivity contribution in [3.8, 4) is 0 Å². The summed E-state index contributed by atoms with van der Waals surface area (Å²) in [6.45, 7) is 11.9. The van der Waals surface area contributed by atoms with Crippen molar-refractivity contribution in [3.05, 3.63) is 46.6 Å². The molecule has 0 spiro atoms. The highest BCUT2D eigenvalue weighted by Crippen LogP contribution is 2.39. The number of carbonyl (C=O) groups excluding carboxylic acids is 3. The zero-order valence-corrected chi connectivity index (χ0v) is 20.0. The standard InChI is InChI=1S/C24H34N2O6/c1-14(2)12-31-22(27)19-16(5)25-17(6)20(23(28)32-13-15(3)4)21(19)18-9-8-10-26(11-18)24(29)30-7/h8,10-11,14-15,21,25H,9,12-13H2,1-7H3. The molecule has 0 atom stereocenters. The highest BCUT2D eigenvalue weighted by atomic mass is 16.5. The Labute approximate surface area is 189 Å². The molecule has 0 bridgehead atoms. The van der Waals surface area contributed by atoms with Gasteiger partial charge in [-0.25, -0.2) is 14.4 Å². The Kier molecular flexibility index (Phi) is 8.69. The fraction of sp³-hybridized carbons (Fsp3) is 0.542. The van der Waals surface area contributed by atoms with E-state index in [1.807, 2.05) is 27.7 Å². The molecule has 2 aliphatic rings. The Balaban J connectivity index is 2.54. The van der Waals surface area contributed by atoms with Gasteiger partial charge in [0.2, 0.25) is 0 Å². The lowest BCUT2D eigenvalue weighted by Gasteiger charge is -2.33. The van der Waals surface area contributed by atoms with Gasteiger partial charge >= 0.3 is 18.0 Å². The number of dihydropyridines is 1. The van der Waals surface area contributed by atoms with Crippen LogP contribution < -0.4 is 5.32 Å². The van der Waals surface area contributed by atoms with Crippen LogP contribution in [0.4, 0.5) is 4.79 Å². The predicted octanol–water partition coefficient (Wildman–Crippen LogP) is 4.02. The van der Waals surface area contributed by atoms with Crippen molar-refractivity contribution in [1.82, 2.24) is 10.2 Å². The zero-order chi connectivity index (χ0) is 24.0. The Morgan fingerprint density at radius 2 is 1.50 bits per heavy atom. The Morgan fingerprint density at radius 3 is 1.94 bits per heavy atom. The molecular formula is C24H34N2O6. The van der Waals surface area contributed by atoms with Gasteiger partial charge in [-0.2, -0.15) is 0 Å². The van der Waals surface area contributed by atoms with Crippen molar-refractivity contribution in [2.24, 2.45) is 17.8 Å². The molecule has 2 heterocycles. The number of carbonyl (C=O) groups is 3. The summed E-state index contributed by atoms with van der Waals surface area (Å²) < 4.78 is 15.9. The second kappa shape index (κ2) is 11.0. The van der Waals surface area contributed by atoms with Crippen LogP contribution in [0.5, 0.6) is 0 Å². The van der Waals surface area contributed by atoms with Crippen molar-refractivity contribution in [2.75, 3.05) is 20.3 Å². The summed E-state index contributed by atoms with van der Waals surface area (Å²) in [6, 6.07) is 0. The minimum Gasteiger partial charge on any atom is -0.462 e. The van der Waals surface area contributed by atoms with Gasteiger partial charge in [0.1, 0.15) is 0 Å². The van der Waals surface area contributed by atoms with Gasteiger partial charge in [0.05, 0.1) is 31.5 Å². The van der Waals surface area contributed by atoms with Crippen LogP contribution in [-0.4, -0.2) is 43.3 Å². The summed E-state index contributed by atoms with van der Waals surface area (Å²) >= 11 is 0. The van der Waals surface area contributed by atoms with E-state index in [9.17, 15) is 14.4 Å². The summed E-state index contributed by atoms with van der Waals surface area (Å²) in [5.74, 6) is -1.40. The average molecular weight is 447 g/mol. The largest absolute Gasteiger partial charge is 0.462 e. The van der Waals surface area contributed by atoms with Crippen molar-refractivity contribution in [1.29, 1.82) is 0 Å². The van der Waals surface area contributed by atoms with Crippen molar-refractivity contribution in [2.45, 2.75) is 48.0 Å². The maximum atomic E-state index is 13.1. The van der Waals surface area contributed by atoms with E-state index >= 15 is 0 Å². The number of rotatable bonds is 7. The van der Waals surface area contributed by atoms with E-state index in [1.54, 1.807) is 32.3 Å². The summed E-state index contributed by atoms with van der Waals surface area (Å²) in [4.78, 5) is 39.7. The molecule has 1 amide bonds. The number of amides is 1.